The summed E-state index contributed by atoms with van der Waals surface area (Å²) >= 11 is 0. The minimum absolute atomic E-state index is 0.276. The van der Waals surface area contributed by atoms with E-state index in [0.717, 1.165) is 17.7 Å². The molecular weight excluding hydrogens is 439 g/mol. The summed E-state index contributed by atoms with van der Waals surface area (Å²) in [7, 11) is 0. The predicted molar refractivity (Wildman–Crippen MR) is 117 cm³/mol. The van der Waals surface area contributed by atoms with Gasteiger partial charge in [0.05, 0.1) is 18.8 Å². The molecule has 1 atom stereocenters. The van der Waals surface area contributed by atoms with Gasteiger partial charge in [-0.25, -0.2) is 4.79 Å². The molecule has 0 amide bonds. The van der Waals surface area contributed by atoms with Gasteiger partial charge < -0.3 is 14.2 Å². The Kier molecular flexibility index (Phi) is 10.2. The lowest BCUT2D eigenvalue weighted by molar-refractivity contribution is -0.156. The molecule has 0 aliphatic heterocycles. The second-order valence-corrected chi connectivity index (χ2v) is 6.80. The van der Waals surface area contributed by atoms with Crippen LogP contribution in [0.2, 0.25) is 0 Å². The number of hydrogen-bond donors (Lipinski definition) is 1. The molecule has 6 nitrogen and oxygen atoms in total. The molecular formula is C24H28F3NO5. The van der Waals surface area contributed by atoms with Crippen molar-refractivity contribution in [2.75, 3.05) is 19.8 Å². The van der Waals surface area contributed by atoms with Crippen molar-refractivity contribution in [3.05, 3.63) is 71.5 Å². The van der Waals surface area contributed by atoms with Gasteiger partial charge in [0.15, 0.2) is 6.10 Å². The van der Waals surface area contributed by atoms with Crippen LogP contribution >= 0.6 is 0 Å². The van der Waals surface area contributed by atoms with E-state index in [-0.39, 0.29) is 6.61 Å². The van der Waals surface area contributed by atoms with Gasteiger partial charge in [0.2, 0.25) is 0 Å². The first-order valence-electron chi connectivity index (χ1n) is 10.6. The number of rotatable bonds is 12. The fraction of sp³-hybridized carbons (Fsp3) is 0.375. The van der Waals surface area contributed by atoms with E-state index in [2.05, 4.69) is 5.48 Å². The van der Waals surface area contributed by atoms with Crippen LogP contribution in [0.1, 0.15) is 37.5 Å². The summed E-state index contributed by atoms with van der Waals surface area (Å²) in [5.74, 6) is 0.0800. The third-order valence-electron chi connectivity index (χ3n) is 4.42. The number of alkyl halides is 3. The number of carbonyl (C=O) groups is 1. The first kappa shape index (κ1) is 26.2. The molecule has 0 fully saturated rings. The lowest BCUT2D eigenvalue weighted by atomic mass is 10.1. The van der Waals surface area contributed by atoms with Crippen LogP contribution in [0.15, 0.2) is 54.8 Å². The quantitative estimate of drug-likeness (QED) is 0.265. The van der Waals surface area contributed by atoms with Crippen LogP contribution in [0.25, 0.3) is 5.70 Å². The lowest BCUT2D eigenvalue weighted by Crippen LogP contribution is -2.28. The van der Waals surface area contributed by atoms with Gasteiger partial charge >= 0.3 is 12.1 Å². The number of hydroxylamine groups is 1. The van der Waals surface area contributed by atoms with Crippen molar-refractivity contribution >= 4 is 11.7 Å². The largest absolute Gasteiger partial charge is 0.464 e. The maximum Gasteiger partial charge on any atom is 0.416 e. The average molecular weight is 467 g/mol. The fourth-order valence-electron chi connectivity index (χ4n) is 2.83. The minimum atomic E-state index is -4.41. The molecule has 1 N–H and O–H groups in total. The summed E-state index contributed by atoms with van der Waals surface area (Å²) in [6.45, 7) is 6.31. The van der Waals surface area contributed by atoms with E-state index < -0.39 is 23.8 Å². The molecule has 0 aliphatic carbocycles. The molecule has 9 heteroatoms. The van der Waals surface area contributed by atoms with Crippen LogP contribution in [-0.4, -0.2) is 31.9 Å². The Morgan fingerprint density at radius 1 is 0.970 bits per heavy atom. The highest BCUT2D eigenvalue weighted by Crippen LogP contribution is 2.30. The van der Waals surface area contributed by atoms with Crippen LogP contribution in [0.3, 0.4) is 0 Å². The maximum absolute atomic E-state index is 12.8. The van der Waals surface area contributed by atoms with E-state index in [4.69, 9.17) is 19.0 Å². The molecule has 2 aromatic rings. The Balaban J connectivity index is 2.11. The summed E-state index contributed by atoms with van der Waals surface area (Å²) in [4.78, 5) is 17.2. The van der Waals surface area contributed by atoms with E-state index in [1.54, 1.807) is 45.0 Å². The van der Waals surface area contributed by atoms with E-state index in [0.29, 0.717) is 36.6 Å². The Bertz CT molecular complexity index is 896. The summed E-state index contributed by atoms with van der Waals surface area (Å²) < 4.78 is 54.6. The normalized spacial score (nSPS) is 12.8. The first-order chi connectivity index (χ1) is 15.8. The van der Waals surface area contributed by atoms with Gasteiger partial charge in [0, 0.05) is 18.6 Å². The second kappa shape index (κ2) is 12.9. The van der Waals surface area contributed by atoms with E-state index in [1.165, 1.54) is 18.4 Å². The Hall–Kier alpha value is -3.04. The predicted octanol–water partition coefficient (Wildman–Crippen LogP) is 5.13. The standard InChI is InChI=1S/C24H28F3NO5/c1-4-30-22(23(29)31-5-2)15-17-7-13-20(14-8-17)32-16-21(28-33-6-3)18-9-11-19(12-10-18)24(25,26)27/h7-14,16,22,28H,4-6,15H2,1-3H3. The Morgan fingerprint density at radius 2 is 1.64 bits per heavy atom. The van der Waals surface area contributed by atoms with Crippen LogP contribution in [0, 0.1) is 0 Å². The Labute approximate surface area is 191 Å². The Morgan fingerprint density at radius 3 is 2.18 bits per heavy atom. The first-order valence-corrected chi connectivity index (χ1v) is 10.6. The highest BCUT2D eigenvalue weighted by atomic mass is 19.4. The molecule has 2 aromatic carbocycles. The SMILES string of the molecule is CCONC(=COc1ccc(CC(OCC)C(=O)OCC)cc1)c1ccc(C(F)(F)F)cc1. The van der Waals surface area contributed by atoms with Crippen LogP contribution in [0.5, 0.6) is 5.75 Å². The van der Waals surface area contributed by atoms with Crippen molar-refractivity contribution in [1.82, 2.24) is 5.48 Å². The van der Waals surface area contributed by atoms with Gasteiger partial charge in [-0.3, -0.25) is 10.3 Å². The van der Waals surface area contributed by atoms with Crippen molar-refractivity contribution in [2.45, 2.75) is 39.5 Å². The van der Waals surface area contributed by atoms with E-state index in [9.17, 15) is 18.0 Å². The number of benzene rings is 2. The molecule has 0 radical (unpaired) electrons. The van der Waals surface area contributed by atoms with Crippen molar-refractivity contribution in [3.63, 3.8) is 0 Å². The third kappa shape index (κ3) is 8.43. The highest BCUT2D eigenvalue weighted by Gasteiger charge is 2.30. The topological polar surface area (TPSA) is 66.0 Å². The summed E-state index contributed by atoms with van der Waals surface area (Å²) in [6, 6.07) is 11.7. The third-order valence-corrected chi connectivity index (χ3v) is 4.42. The van der Waals surface area contributed by atoms with Gasteiger partial charge in [0.1, 0.15) is 17.7 Å². The van der Waals surface area contributed by atoms with Gasteiger partial charge in [-0.2, -0.15) is 13.2 Å². The summed E-state index contributed by atoms with van der Waals surface area (Å²) in [6.07, 6.45) is -3.40. The monoisotopic (exact) mass is 467 g/mol. The number of nitrogens with one attached hydrogen (secondary N) is 1. The molecule has 0 heterocycles. The van der Waals surface area contributed by atoms with Crippen LogP contribution in [-0.2, 0) is 31.7 Å². The zero-order chi connectivity index (χ0) is 24.3. The molecule has 0 saturated carbocycles. The fourth-order valence-corrected chi connectivity index (χ4v) is 2.83. The van der Waals surface area contributed by atoms with E-state index >= 15 is 0 Å². The molecule has 0 spiro atoms. The number of hydrogen-bond acceptors (Lipinski definition) is 6. The van der Waals surface area contributed by atoms with E-state index in [1.807, 2.05) is 0 Å². The second-order valence-electron chi connectivity index (χ2n) is 6.80. The number of halogens is 3. The van der Waals surface area contributed by atoms with Crippen LogP contribution in [0.4, 0.5) is 13.2 Å². The molecule has 0 aromatic heterocycles. The summed E-state index contributed by atoms with van der Waals surface area (Å²) in [5, 5.41) is 0. The van der Waals surface area contributed by atoms with Gasteiger partial charge in [-0.05, 0) is 50.6 Å². The highest BCUT2D eigenvalue weighted by molar-refractivity contribution is 5.75. The molecule has 2 rings (SSSR count). The molecule has 0 saturated heterocycles. The minimum Gasteiger partial charge on any atom is -0.464 e. The van der Waals surface area contributed by atoms with Gasteiger partial charge in [-0.15, -0.1) is 0 Å². The zero-order valence-corrected chi connectivity index (χ0v) is 18.8. The van der Waals surface area contributed by atoms with Crippen molar-refractivity contribution < 1.29 is 37.0 Å². The van der Waals surface area contributed by atoms with Crippen molar-refractivity contribution in [3.8, 4) is 5.75 Å². The smallest absolute Gasteiger partial charge is 0.416 e. The molecule has 1 unspecified atom stereocenters. The number of ether oxygens (including phenoxy) is 3. The molecule has 0 bridgehead atoms. The molecule has 0 aliphatic rings. The van der Waals surface area contributed by atoms with Gasteiger partial charge in [-0.1, -0.05) is 24.3 Å². The number of esters is 1. The van der Waals surface area contributed by atoms with Crippen molar-refractivity contribution in [2.24, 2.45) is 0 Å². The maximum atomic E-state index is 12.8. The van der Waals surface area contributed by atoms with Gasteiger partial charge in [0.25, 0.3) is 0 Å². The summed E-state index contributed by atoms with van der Waals surface area (Å²) in [5.41, 5.74) is 3.60. The average Bonchev–Trinajstić information content (AvgIpc) is 2.79. The molecule has 33 heavy (non-hydrogen) atoms. The molecule has 180 valence electrons. The number of carbonyl (C=O) groups excluding carboxylic acids is 1. The van der Waals surface area contributed by atoms with Crippen molar-refractivity contribution in [1.29, 1.82) is 0 Å². The lowest BCUT2D eigenvalue weighted by Gasteiger charge is -2.16. The zero-order valence-electron chi connectivity index (χ0n) is 18.8. The van der Waals surface area contributed by atoms with Crippen LogP contribution < -0.4 is 10.2 Å².